The molecule has 8 nitrogen and oxygen atoms in total. The van der Waals surface area contributed by atoms with Gasteiger partial charge in [-0.1, -0.05) is 38.2 Å². The fourth-order valence-corrected chi connectivity index (χ4v) is 4.74. The lowest BCUT2D eigenvalue weighted by atomic mass is 9.86. The van der Waals surface area contributed by atoms with E-state index in [0.29, 0.717) is 44.1 Å². The molecule has 2 heterocycles. The SMILES string of the molecule is CO[C@H]1/C=C/CC/C=C/C(=O)O[C@H](C(C)C(=O)CCCC2CC(=O)N(C)C(=O)C2)/C(C)=C\C(C)[C@@H]1O. The lowest BCUT2D eigenvalue weighted by Crippen LogP contribution is -2.40. The summed E-state index contributed by atoms with van der Waals surface area (Å²) in [6.45, 7) is 5.40. The molecule has 0 spiro atoms. The number of likely N-dealkylation sites (tertiary alicyclic amines) is 1. The number of allylic oxidation sites excluding steroid dienone is 2. The van der Waals surface area contributed by atoms with Crippen LogP contribution in [0.25, 0.3) is 0 Å². The summed E-state index contributed by atoms with van der Waals surface area (Å²) < 4.78 is 11.2. The van der Waals surface area contributed by atoms with E-state index in [1.165, 1.54) is 13.1 Å². The van der Waals surface area contributed by atoms with Gasteiger partial charge in [0, 0.05) is 45.4 Å². The fourth-order valence-electron chi connectivity index (χ4n) is 4.74. The molecule has 2 unspecified atom stereocenters. The van der Waals surface area contributed by atoms with Crippen LogP contribution in [0, 0.1) is 17.8 Å². The molecule has 0 radical (unpaired) electrons. The Hall–Kier alpha value is -2.58. The Bertz CT molecular complexity index is 872. The molecule has 2 rings (SSSR count). The number of carbonyl (C=O) groups excluding carboxylic acids is 4. The van der Waals surface area contributed by atoms with Gasteiger partial charge < -0.3 is 14.6 Å². The predicted molar refractivity (Wildman–Crippen MR) is 136 cm³/mol. The van der Waals surface area contributed by atoms with Crippen LogP contribution >= 0.6 is 0 Å². The Kier molecular flexibility index (Phi) is 11.7. The van der Waals surface area contributed by atoms with Gasteiger partial charge in [-0.2, -0.15) is 0 Å². The maximum Gasteiger partial charge on any atom is 0.331 e. The number of aliphatic hydroxyl groups excluding tert-OH is 1. The van der Waals surface area contributed by atoms with Gasteiger partial charge in [0.15, 0.2) is 0 Å². The second-order valence-corrected chi connectivity index (χ2v) is 9.99. The normalized spacial score (nSPS) is 31.1. The molecule has 5 atom stereocenters. The van der Waals surface area contributed by atoms with Crippen molar-refractivity contribution in [3.05, 3.63) is 36.0 Å². The molecule has 0 aromatic rings. The standard InChI is InChI=1S/C28H41NO7/c1-18-15-19(2)28(36-26(33)14-9-7-6-8-13-23(35-5)27(18)34)20(3)22(30)12-10-11-21-16-24(31)29(4)25(32)17-21/h8-9,13-15,18,20-21,23,27-28,34H,6-7,10-12,16-17H2,1-5H3/b13-8+,14-9+,19-15-/t18?,20?,23-,27-,28-/m0/s1. The molecule has 0 aromatic carbocycles. The Morgan fingerprint density at radius 3 is 2.47 bits per heavy atom. The molecule has 2 amide bonds. The number of hydrogen-bond acceptors (Lipinski definition) is 7. The lowest BCUT2D eigenvalue weighted by Gasteiger charge is -2.28. The number of cyclic esters (lactones) is 1. The van der Waals surface area contributed by atoms with Crippen LogP contribution in [0.4, 0.5) is 0 Å². The molecule has 0 saturated carbocycles. The van der Waals surface area contributed by atoms with Crippen molar-refractivity contribution in [2.24, 2.45) is 17.8 Å². The van der Waals surface area contributed by atoms with Gasteiger partial charge in [0.2, 0.25) is 11.8 Å². The summed E-state index contributed by atoms with van der Waals surface area (Å²) in [7, 11) is 3.05. The topological polar surface area (TPSA) is 110 Å². The number of Topliss-reactive ketones (excluding diaryl/α,β-unsaturated/α-hetero) is 1. The first-order valence-electron chi connectivity index (χ1n) is 12.8. The van der Waals surface area contributed by atoms with E-state index < -0.39 is 30.2 Å². The number of amides is 2. The third kappa shape index (κ3) is 8.52. The molecule has 1 N–H and O–H groups in total. The molecule has 36 heavy (non-hydrogen) atoms. The van der Waals surface area contributed by atoms with E-state index in [9.17, 15) is 24.3 Å². The summed E-state index contributed by atoms with van der Waals surface area (Å²) >= 11 is 0. The highest BCUT2D eigenvalue weighted by atomic mass is 16.5. The fraction of sp³-hybridized carbons (Fsp3) is 0.643. The average Bonchev–Trinajstić information content (AvgIpc) is 2.83. The quantitative estimate of drug-likeness (QED) is 0.321. The van der Waals surface area contributed by atoms with Crippen LogP contribution < -0.4 is 0 Å². The van der Waals surface area contributed by atoms with E-state index in [0.717, 1.165) is 4.90 Å². The minimum absolute atomic E-state index is 0.0478. The van der Waals surface area contributed by atoms with E-state index in [1.807, 2.05) is 25.2 Å². The van der Waals surface area contributed by atoms with Crippen molar-refractivity contribution >= 4 is 23.6 Å². The van der Waals surface area contributed by atoms with Crippen molar-refractivity contribution in [1.29, 1.82) is 0 Å². The first-order valence-corrected chi connectivity index (χ1v) is 12.8. The van der Waals surface area contributed by atoms with Crippen molar-refractivity contribution in [3.8, 4) is 0 Å². The van der Waals surface area contributed by atoms with Crippen molar-refractivity contribution in [2.45, 2.75) is 84.0 Å². The number of methoxy groups -OCH3 is 1. The zero-order valence-corrected chi connectivity index (χ0v) is 22.1. The highest BCUT2D eigenvalue weighted by Gasteiger charge is 2.32. The number of rotatable bonds is 7. The minimum Gasteiger partial charge on any atom is -0.454 e. The van der Waals surface area contributed by atoms with Crippen LogP contribution in [0.2, 0.25) is 0 Å². The van der Waals surface area contributed by atoms with Crippen molar-refractivity contribution in [1.82, 2.24) is 4.90 Å². The predicted octanol–water partition coefficient (Wildman–Crippen LogP) is 3.53. The van der Waals surface area contributed by atoms with E-state index in [1.54, 1.807) is 27.0 Å². The van der Waals surface area contributed by atoms with Crippen LogP contribution in [0.1, 0.15) is 65.7 Å². The number of ether oxygens (including phenoxy) is 2. The number of esters is 1. The van der Waals surface area contributed by atoms with Crippen molar-refractivity contribution in [3.63, 3.8) is 0 Å². The maximum absolute atomic E-state index is 13.1. The molecule has 200 valence electrons. The highest BCUT2D eigenvalue weighted by molar-refractivity contribution is 5.97. The Labute approximate surface area is 214 Å². The van der Waals surface area contributed by atoms with Gasteiger partial charge in [-0.25, -0.2) is 4.79 Å². The van der Waals surface area contributed by atoms with Crippen molar-refractivity contribution in [2.75, 3.05) is 14.2 Å². The zero-order valence-electron chi connectivity index (χ0n) is 22.1. The summed E-state index contributed by atoms with van der Waals surface area (Å²) in [6, 6.07) is 0. The van der Waals surface area contributed by atoms with Gasteiger partial charge in [-0.3, -0.25) is 19.3 Å². The van der Waals surface area contributed by atoms with Gasteiger partial charge in [0.25, 0.3) is 0 Å². The van der Waals surface area contributed by atoms with E-state index >= 15 is 0 Å². The van der Waals surface area contributed by atoms with Gasteiger partial charge >= 0.3 is 5.97 Å². The zero-order chi connectivity index (χ0) is 26.8. The molecule has 2 aliphatic heterocycles. The van der Waals surface area contributed by atoms with E-state index in [2.05, 4.69) is 0 Å². The van der Waals surface area contributed by atoms with Gasteiger partial charge in [-0.05, 0) is 44.1 Å². The summed E-state index contributed by atoms with van der Waals surface area (Å²) in [4.78, 5) is 50.6. The monoisotopic (exact) mass is 503 g/mol. The molecule has 0 bridgehead atoms. The number of piperidine rings is 1. The Morgan fingerprint density at radius 1 is 1.19 bits per heavy atom. The summed E-state index contributed by atoms with van der Waals surface area (Å²) in [6.07, 6.45) is 10.0. The largest absolute Gasteiger partial charge is 0.454 e. The van der Waals surface area contributed by atoms with E-state index in [4.69, 9.17) is 9.47 Å². The van der Waals surface area contributed by atoms with Crippen LogP contribution in [0.3, 0.4) is 0 Å². The summed E-state index contributed by atoms with van der Waals surface area (Å²) in [5, 5.41) is 10.8. The highest BCUT2D eigenvalue weighted by Crippen LogP contribution is 2.27. The minimum atomic E-state index is -0.804. The number of carbonyl (C=O) groups is 4. The van der Waals surface area contributed by atoms with Crippen LogP contribution in [0.15, 0.2) is 36.0 Å². The first kappa shape index (κ1) is 29.6. The molecular formula is C28H41NO7. The van der Waals surface area contributed by atoms with Crippen molar-refractivity contribution < 1.29 is 33.8 Å². The number of aliphatic hydroxyl groups is 1. The molecule has 1 saturated heterocycles. The number of ketones is 1. The first-order chi connectivity index (χ1) is 17.0. The Balaban J connectivity index is 2.11. The van der Waals surface area contributed by atoms with Gasteiger partial charge in [0.1, 0.15) is 18.0 Å². The van der Waals surface area contributed by atoms with Crippen LogP contribution in [0.5, 0.6) is 0 Å². The number of imide groups is 1. The number of nitrogens with zero attached hydrogens (tertiary/aromatic N) is 1. The Morgan fingerprint density at radius 2 is 1.83 bits per heavy atom. The average molecular weight is 504 g/mol. The maximum atomic E-state index is 13.1. The van der Waals surface area contributed by atoms with E-state index in [-0.39, 0.29) is 35.9 Å². The third-order valence-electron chi connectivity index (χ3n) is 7.12. The van der Waals surface area contributed by atoms with Crippen LogP contribution in [-0.2, 0) is 28.7 Å². The summed E-state index contributed by atoms with van der Waals surface area (Å²) in [5.74, 6) is -1.87. The molecule has 1 fully saturated rings. The summed E-state index contributed by atoms with van der Waals surface area (Å²) in [5.41, 5.74) is 0.687. The molecule has 2 aliphatic rings. The second-order valence-electron chi connectivity index (χ2n) is 9.99. The number of hydrogen-bond donors (Lipinski definition) is 1. The smallest absolute Gasteiger partial charge is 0.331 e. The van der Waals surface area contributed by atoms with Gasteiger partial charge in [0.05, 0.1) is 12.0 Å². The molecule has 0 aliphatic carbocycles. The molecule has 8 heteroatoms. The van der Waals surface area contributed by atoms with Gasteiger partial charge in [-0.15, -0.1) is 0 Å². The second kappa shape index (κ2) is 14.2. The third-order valence-corrected chi connectivity index (χ3v) is 7.12. The van der Waals surface area contributed by atoms with Crippen LogP contribution in [-0.4, -0.2) is 66.0 Å². The molecular weight excluding hydrogens is 462 g/mol. The molecule has 0 aromatic heterocycles. The lowest BCUT2D eigenvalue weighted by molar-refractivity contribution is -0.148.